The van der Waals surface area contributed by atoms with E-state index in [1.54, 1.807) is 20.0 Å². The van der Waals surface area contributed by atoms with Crippen LogP contribution in [-0.2, 0) is 20.8 Å². The van der Waals surface area contributed by atoms with Crippen molar-refractivity contribution in [3.8, 4) is 0 Å². The number of carbonyl (C=O) groups is 3. The van der Waals surface area contributed by atoms with Crippen LogP contribution >= 0.6 is 11.3 Å². The summed E-state index contributed by atoms with van der Waals surface area (Å²) in [5.74, 6) is -1.20. The molecule has 1 aliphatic rings. The van der Waals surface area contributed by atoms with Crippen molar-refractivity contribution in [3.05, 3.63) is 23.5 Å². The SMILES string of the molecule is CC1(C)C(=O)NC(=O)CN1C(=O)Cc1cn2ccsc2n1. The van der Waals surface area contributed by atoms with E-state index in [9.17, 15) is 14.4 Å². The molecule has 1 aliphatic heterocycles. The van der Waals surface area contributed by atoms with E-state index in [4.69, 9.17) is 0 Å². The van der Waals surface area contributed by atoms with Gasteiger partial charge in [-0.25, -0.2) is 4.98 Å². The second-order valence-corrected chi connectivity index (χ2v) is 6.29. The van der Waals surface area contributed by atoms with Crippen LogP contribution in [-0.4, -0.2) is 44.1 Å². The van der Waals surface area contributed by atoms with Crippen LogP contribution < -0.4 is 5.32 Å². The molecule has 0 atom stereocenters. The van der Waals surface area contributed by atoms with E-state index < -0.39 is 17.4 Å². The number of imidazole rings is 1. The molecule has 7 nitrogen and oxygen atoms in total. The molecule has 0 aromatic carbocycles. The average molecular weight is 306 g/mol. The summed E-state index contributed by atoms with van der Waals surface area (Å²) in [6.07, 6.45) is 3.71. The maximum Gasteiger partial charge on any atom is 0.252 e. The van der Waals surface area contributed by atoms with Gasteiger partial charge in [-0.1, -0.05) is 0 Å². The fourth-order valence-corrected chi connectivity index (χ4v) is 3.01. The summed E-state index contributed by atoms with van der Waals surface area (Å²) in [5, 5.41) is 4.15. The Labute approximate surface area is 124 Å². The van der Waals surface area contributed by atoms with Gasteiger partial charge in [-0.05, 0) is 13.8 Å². The van der Waals surface area contributed by atoms with Crippen molar-refractivity contribution in [1.82, 2.24) is 19.6 Å². The number of piperazine rings is 1. The van der Waals surface area contributed by atoms with E-state index in [2.05, 4.69) is 10.3 Å². The molecule has 2 aromatic heterocycles. The second kappa shape index (κ2) is 4.66. The highest BCUT2D eigenvalue weighted by molar-refractivity contribution is 7.15. The summed E-state index contributed by atoms with van der Waals surface area (Å²) >= 11 is 1.48. The number of aromatic nitrogens is 2. The van der Waals surface area contributed by atoms with Gasteiger partial charge in [0.1, 0.15) is 12.1 Å². The van der Waals surface area contributed by atoms with Gasteiger partial charge in [-0.2, -0.15) is 0 Å². The Bertz CT molecular complexity index is 717. The molecule has 3 amide bonds. The van der Waals surface area contributed by atoms with Gasteiger partial charge in [0, 0.05) is 17.8 Å². The van der Waals surface area contributed by atoms with Crippen LogP contribution in [0.1, 0.15) is 19.5 Å². The van der Waals surface area contributed by atoms with Crippen molar-refractivity contribution in [2.75, 3.05) is 6.54 Å². The Balaban J connectivity index is 1.81. The molecule has 0 radical (unpaired) electrons. The first-order valence-corrected chi connectivity index (χ1v) is 7.32. The number of hydrogen-bond acceptors (Lipinski definition) is 5. The molecule has 8 heteroatoms. The lowest BCUT2D eigenvalue weighted by Gasteiger charge is -2.40. The topological polar surface area (TPSA) is 83.8 Å². The van der Waals surface area contributed by atoms with Gasteiger partial charge >= 0.3 is 0 Å². The van der Waals surface area contributed by atoms with Gasteiger partial charge in [0.05, 0.1) is 12.1 Å². The molecule has 1 saturated heterocycles. The number of thiazole rings is 1. The lowest BCUT2D eigenvalue weighted by Crippen LogP contribution is -2.65. The van der Waals surface area contributed by atoms with Gasteiger partial charge in [0.25, 0.3) is 5.91 Å². The number of hydrogen-bond donors (Lipinski definition) is 1. The Morgan fingerprint density at radius 1 is 1.48 bits per heavy atom. The highest BCUT2D eigenvalue weighted by atomic mass is 32.1. The highest BCUT2D eigenvalue weighted by Gasteiger charge is 2.43. The van der Waals surface area contributed by atoms with Crippen LogP contribution in [0.15, 0.2) is 17.8 Å². The van der Waals surface area contributed by atoms with Crippen molar-refractivity contribution in [1.29, 1.82) is 0 Å². The molecule has 2 aromatic rings. The fraction of sp³-hybridized carbons (Fsp3) is 0.385. The zero-order chi connectivity index (χ0) is 15.2. The van der Waals surface area contributed by atoms with Gasteiger partial charge in [0.15, 0.2) is 4.96 Å². The minimum absolute atomic E-state index is 0.0678. The standard InChI is InChI=1S/C13H14N4O3S/c1-13(2)11(20)15-9(18)7-17(13)10(19)5-8-6-16-3-4-21-12(16)14-8/h3-4,6H,5,7H2,1-2H3,(H,15,18,20). The Hall–Kier alpha value is -2.22. The van der Waals surface area contributed by atoms with Crippen LogP contribution in [0.2, 0.25) is 0 Å². The first-order valence-electron chi connectivity index (χ1n) is 6.44. The Kier molecular flexibility index (Phi) is 3.05. The summed E-state index contributed by atoms with van der Waals surface area (Å²) in [7, 11) is 0. The summed E-state index contributed by atoms with van der Waals surface area (Å²) in [6, 6.07) is 0. The molecular formula is C13H14N4O3S. The summed E-state index contributed by atoms with van der Waals surface area (Å²) in [6.45, 7) is 3.14. The van der Waals surface area contributed by atoms with Crippen LogP contribution in [0.3, 0.4) is 0 Å². The van der Waals surface area contributed by atoms with Crippen LogP contribution in [0.25, 0.3) is 4.96 Å². The summed E-state index contributed by atoms with van der Waals surface area (Å²) in [4.78, 5) is 42.2. The van der Waals surface area contributed by atoms with Crippen molar-refractivity contribution < 1.29 is 14.4 Å². The van der Waals surface area contributed by atoms with Crippen molar-refractivity contribution in [2.24, 2.45) is 0 Å². The van der Waals surface area contributed by atoms with Crippen molar-refractivity contribution >= 4 is 34.0 Å². The smallest absolute Gasteiger partial charge is 0.252 e. The zero-order valence-electron chi connectivity index (χ0n) is 11.6. The molecule has 3 rings (SSSR count). The third kappa shape index (κ3) is 2.31. The normalized spacial score (nSPS) is 18.1. The summed E-state index contributed by atoms with van der Waals surface area (Å²) < 4.78 is 1.84. The number of nitrogens with one attached hydrogen (secondary N) is 1. The molecule has 110 valence electrons. The van der Waals surface area contributed by atoms with E-state index >= 15 is 0 Å². The maximum absolute atomic E-state index is 12.4. The van der Waals surface area contributed by atoms with Gasteiger partial charge in [-0.3, -0.25) is 24.1 Å². The van der Waals surface area contributed by atoms with E-state index in [1.807, 2.05) is 16.0 Å². The fourth-order valence-electron chi connectivity index (χ4n) is 2.29. The number of nitrogens with zero attached hydrogens (tertiary/aromatic N) is 3. The van der Waals surface area contributed by atoms with Gasteiger partial charge in [0.2, 0.25) is 11.8 Å². The molecule has 0 bridgehead atoms. The monoisotopic (exact) mass is 306 g/mol. The number of amides is 3. The van der Waals surface area contributed by atoms with E-state index in [0.29, 0.717) is 5.69 Å². The first-order chi connectivity index (χ1) is 9.88. The van der Waals surface area contributed by atoms with Gasteiger partial charge < -0.3 is 4.90 Å². The zero-order valence-corrected chi connectivity index (χ0v) is 12.4. The molecule has 0 aliphatic carbocycles. The molecule has 21 heavy (non-hydrogen) atoms. The largest absolute Gasteiger partial charge is 0.319 e. The highest BCUT2D eigenvalue weighted by Crippen LogP contribution is 2.20. The Morgan fingerprint density at radius 3 is 2.95 bits per heavy atom. The molecule has 0 unspecified atom stereocenters. The maximum atomic E-state index is 12.4. The third-order valence-corrected chi connectivity index (χ3v) is 4.33. The lowest BCUT2D eigenvalue weighted by atomic mass is 9.98. The Morgan fingerprint density at radius 2 is 2.24 bits per heavy atom. The van der Waals surface area contributed by atoms with Gasteiger partial charge in [-0.15, -0.1) is 11.3 Å². The number of fused-ring (bicyclic) bond motifs is 1. The molecule has 3 heterocycles. The molecule has 0 spiro atoms. The first kappa shape index (κ1) is 13.7. The minimum Gasteiger partial charge on any atom is -0.319 e. The van der Waals surface area contributed by atoms with Crippen LogP contribution in [0.5, 0.6) is 0 Å². The molecule has 1 N–H and O–H groups in total. The van der Waals surface area contributed by atoms with Crippen LogP contribution in [0.4, 0.5) is 0 Å². The predicted octanol–water partition coefficient (Wildman–Crippen LogP) is 0.202. The predicted molar refractivity (Wildman–Crippen MR) is 75.7 cm³/mol. The number of imide groups is 1. The van der Waals surface area contributed by atoms with E-state index in [-0.39, 0.29) is 18.9 Å². The average Bonchev–Trinajstić information content (AvgIpc) is 2.94. The lowest BCUT2D eigenvalue weighted by molar-refractivity contribution is -0.155. The molecule has 1 fully saturated rings. The summed E-state index contributed by atoms with van der Waals surface area (Å²) in [5.41, 5.74) is -0.414. The van der Waals surface area contributed by atoms with E-state index in [1.165, 1.54) is 16.2 Å². The number of rotatable bonds is 2. The van der Waals surface area contributed by atoms with E-state index in [0.717, 1.165) is 4.96 Å². The number of carbonyl (C=O) groups excluding carboxylic acids is 3. The van der Waals surface area contributed by atoms with Crippen molar-refractivity contribution in [3.63, 3.8) is 0 Å². The quantitative estimate of drug-likeness (QED) is 0.804. The minimum atomic E-state index is -1.04. The molecule has 0 saturated carbocycles. The molecular weight excluding hydrogens is 292 g/mol. The second-order valence-electron chi connectivity index (χ2n) is 5.42. The third-order valence-electron chi connectivity index (χ3n) is 3.56. The van der Waals surface area contributed by atoms with Crippen molar-refractivity contribution in [2.45, 2.75) is 25.8 Å². The van der Waals surface area contributed by atoms with Crippen LogP contribution in [0, 0.1) is 0 Å².